The van der Waals surface area contributed by atoms with Gasteiger partial charge < -0.3 is 19.5 Å². The van der Waals surface area contributed by atoms with Gasteiger partial charge in [-0.15, -0.1) is 0 Å². The van der Waals surface area contributed by atoms with E-state index in [-0.39, 0.29) is 18.0 Å². The third-order valence-electron chi connectivity index (χ3n) is 4.46. The molecule has 0 fully saturated rings. The number of ether oxygens (including phenoxy) is 3. The van der Waals surface area contributed by atoms with Crippen LogP contribution in [0.5, 0.6) is 17.2 Å². The van der Waals surface area contributed by atoms with Crippen LogP contribution in [0.4, 0.5) is 0 Å². The highest BCUT2D eigenvalue weighted by molar-refractivity contribution is 6.01. The number of nitriles is 1. The molecule has 0 aliphatic rings. The number of hydrogen-bond acceptors (Lipinski definition) is 6. The molecule has 0 aliphatic heterocycles. The lowest BCUT2D eigenvalue weighted by Crippen LogP contribution is -2.25. The van der Waals surface area contributed by atoms with Gasteiger partial charge in [0.05, 0.1) is 13.7 Å². The zero-order chi connectivity index (χ0) is 23.2. The second-order valence-corrected chi connectivity index (χ2v) is 6.95. The van der Waals surface area contributed by atoms with Gasteiger partial charge in [-0.25, -0.2) is 0 Å². The van der Waals surface area contributed by atoms with Crippen LogP contribution in [0.2, 0.25) is 0 Å². The summed E-state index contributed by atoms with van der Waals surface area (Å²) >= 11 is 0. The summed E-state index contributed by atoms with van der Waals surface area (Å²) in [5.41, 5.74) is 0.697. The fourth-order valence-corrected chi connectivity index (χ4v) is 2.68. The van der Waals surface area contributed by atoms with E-state index in [2.05, 4.69) is 5.32 Å². The first-order chi connectivity index (χ1) is 15.5. The molecule has 0 spiro atoms. The Morgan fingerprint density at radius 2 is 1.66 bits per heavy atom. The van der Waals surface area contributed by atoms with Gasteiger partial charge in [0.15, 0.2) is 0 Å². The minimum atomic E-state index is -0.395. The molecule has 0 saturated heterocycles. The average Bonchev–Trinajstić information content (AvgIpc) is 2.81. The maximum Gasteiger partial charge on any atom is 0.311 e. The number of carbonyl (C=O) groups excluding carboxylic acids is 2. The van der Waals surface area contributed by atoms with Crippen LogP contribution in [0.15, 0.2) is 54.1 Å². The number of methoxy groups -OCH3 is 1. The number of amides is 1. The third-order valence-corrected chi connectivity index (χ3v) is 4.46. The molecule has 0 heterocycles. The molecule has 2 rings (SSSR count). The molecule has 168 valence electrons. The zero-order valence-electron chi connectivity index (χ0n) is 18.4. The molecule has 7 heteroatoms. The highest BCUT2D eigenvalue weighted by Crippen LogP contribution is 2.18. The Labute approximate surface area is 188 Å². The minimum absolute atomic E-state index is 0.0303. The smallest absolute Gasteiger partial charge is 0.311 e. The van der Waals surface area contributed by atoms with Crippen molar-refractivity contribution in [3.8, 4) is 23.3 Å². The van der Waals surface area contributed by atoms with Gasteiger partial charge in [0.2, 0.25) is 0 Å². The van der Waals surface area contributed by atoms with Crippen molar-refractivity contribution in [3.05, 3.63) is 59.7 Å². The van der Waals surface area contributed by atoms with E-state index < -0.39 is 5.91 Å². The van der Waals surface area contributed by atoms with Gasteiger partial charge in [0.1, 0.15) is 28.9 Å². The summed E-state index contributed by atoms with van der Waals surface area (Å²) in [6, 6.07) is 15.8. The predicted molar refractivity (Wildman–Crippen MR) is 121 cm³/mol. The topological polar surface area (TPSA) is 97.7 Å². The predicted octanol–water partition coefficient (Wildman–Crippen LogP) is 4.28. The van der Waals surface area contributed by atoms with Gasteiger partial charge in [-0.2, -0.15) is 5.26 Å². The molecule has 7 nitrogen and oxygen atoms in total. The van der Waals surface area contributed by atoms with Gasteiger partial charge in [-0.3, -0.25) is 9.59 Å². The van der Waals surface area contributed by atoms with Gasteiger partial charge in [0, 0.05) is 13.0 Å². The molecule has 1 N–H and O–H groups in total. The first-order valence-electron chi connectivity index (χ1n) is 10.5. The normalized spacial score (nSPS) is 10.7. The number of nitrogens with zero attached hydrogens (tertiary/aromatic N) is 1. The second-order valence-electron chi connectivity index (χ2n) is 6.95. The quantitative estimate of drug-likeness (QED) is 0.175. The van der Waals surface area contributed by atoms with Crippen molar-refractivity contribution in [3.63, 3.8) is 0 Å². The van der Waals surface area contributed by atoms with Crippen molar-refractivity contribution in [2.75, 3.05) is 20.3 Å². The van der Waals surface area contributed by atoms with Gasteiger partial charge in [0.25, 0.3) is 5.91 Å². The number of unbranched alkanes of at least 4 members (excludes halogenated alkanes) is 1. The first kappa shape index (κ1) is 24.5. The SMILES string of the molecule is CCCCNC(=O)/C(C#N)=C/c1ccc(OC(=O)CCCOc2ccc(OC)cc2)cc1. The number of benzene rings is 2. The molecule has 2 aromatic rings. The molecule has 2 aromatic carbocycles. The van der Waals surface area contributed by atoms with Crippen LogP contribution in [-0.2, 0) is 9.59 Å². The summed E-state index contributed by atoms with van der Waals surface area (Å²) in [7, 11) is 1.60. The van der Waals surface area contributed by atoms with E-state index in [4.69, 9.17) is 14.2 Å². The fourth-order valence-electron chi connectivity index (χ4n) is 2.68. The molecule has 0 aromatic heterocycles. The molecule has 0 unspecified atom stereocenters. The van der Waals surface area contributed by atoms with Crippen LogP contribution in [-0.4, -0.2) is 32.1 Å². The highest BCUT2D eigenvalue weighted by Gasteiger charge is 2.09. The van der Waals surface area contributed by atoms with Gasteiger partial charge in [-0.1, -0.05) is 25.5 Å². The molecule has 0 radical (unpaired) electrons. The first-order valence-corrected chi connectivity index (χ1v) is 10.5. The maximum atomic E-state index is 12.0. The lowest BCUT2D eigenvalue weighted by atomic mass is 10.1. The Morgan fingerprint density at radius 1 is 1.00 bits per heavy atom. The number of esters is 1. The second kappa shape index (κ2) is 13.5. The Kier molecular flexibility index (Phi) is 10.3. The zero-order valence-corrected chi connectivity index (χ0v) is 18.4. The minimum Gasteiger partial charge on any atom is -0.497 e. The van der Waals surface area contributed by atoms with E-state index in [0.717, 1.165) is 18.6 Å². The van der Waals surface area contributed by atoms with Crippen molar-refractivity contribution in [1.29, 1.82) is 5.26 Å². The largest absolute Gasteiger partial charge is 0.497 e. The van der Waals surface area contributed by atoms with Crippen LogP contribution in [0.1, 0.15) is 38.2 Å². The Hall–Kier alpha value is -3.79. The molecule has 0 bridgehead atoms. The van der Waals surface area contributed by atoms with Crippen LogP contribution in [0.25, 0.3) is 6.08 Å². The summed E-state index contributed by atoms with van der Waals surface area (Å²) in [5.74, 6) is 1.10. The Balaban J connectivity index is 1.77. The lowest BCUT2D eigenvalue weighted by molar-refractivity contribution is -0.134. The van der Waals surface area contributed by atoms with Crippen molar-refractivity contribution in [1.82, 2.24) is 5.32 Å². The van der Waals surface area contributed by atoms with E-state index in [9.17, 15) is 14.9 Å². The average molecular weight is 437 g/mol. The molecule has 0 aliphatic carbocycles. The van der Waals surface area contributed by atoms with Crippen LogP contribution in [0, 0.1) is 11.3 Å². The fraction of sp³-hybridized carbons (Fsp3) is 0.320. The standard InChI is InChI=1S/C25H28N2O5/c1-3-4-15-27-25(29)20(18-26)17-19-7-9-23(10-8-19)32-24(28)6-5-16-31-22-13-11-21(30-2)12-14-22/h7-14,17H,3-6,15-16H2,1-2H3,(H,27,29)/b20-17+. The molecule has 1 amide bonds. The molecule has 0 atom stereocenters. The molecular weight excluding hydrogens is 408 g/mol. The summed E-state index contributed by atoms with van der Waals surface area (Å²) in [4.78, 5) is 24.1. The number of carbonyl (C=O) groups is 2. The highest BCUT2D eigenvalue weighted by atomic mass is 16.5. The molecule has 32 heavy (non-hydrogen) atoms. The Morgan fingerprint density at radius 3 is 2.28 bits per heavy atom. The van der Waals surface area contributed by atoms with Crippen molar-refractivity contribution in [2.45, 2.75) is 32.6 Å². The number of rotatable bonds is 12. The summed E-state index contributed by atoms with van der Waals surface area (Å²) < 4.78 is 16.0. The summed E-state index contributed by atoms with van der Waals surface area (Å²) in [5, 5.41) is 11.9. The van der Waals surface area contributed by atoms with Crippen LogP contribution >= 0.6 is 0 Å². The van der Waals surface area contributed by atoms with Crippen molar-refractivity contribution in [2.24, 2.45) is 0 Å². The maximum absolute atomic E-state index is 12.0. The monoisotopic (exact) mass is 436 g/mol. The molecule has 0 saturated carbocycles. The van der Waals surface area contributed by atoms with E-state index in [1.807, 2.05) is 13.0 Å². The van der Waals surface area contributed by atoms with Crippen LogP contribution in [0.3, 0.4) is 0 Å². The van der Waals surface area contributed by atoms with E-state index in [1.54, 1.807) is 55.6 Å². The van der Waals surface area contributed by atoms with E-state index in [0.29, 0.717) is 36.6 Å². The number of nitrogens with one attached hydrogen (secondary N) is 1. The summed E-state index contributed by atoms with van der Waals surface area (Å²) in [6.07, 6.45) is 4.06. The van der Waals surface area contributed by atoms with Gasteiger partial charge >= 0.3 is 5.97 Å². The van der Waals surface area contributed by atoms with E-state index >= 15 is 0 Å². The summed E-state index contributed by atoms with van der Waals surface area (Å²) in [6.45, 7) is 2.95. The van der Waals surface area contributed by atoms with Gasteiger partial charge in [-0.05, 0) is 60.9 Å². The van der Waals surface area contributed by atoms with E-state index in [1.165, 1.54) is 6.08 Å². The third kappa shape index (κ3) is 8.52. The number of hydrogen-bond donors (Lipinski definition) is 1. The Bertz CT molecular complexity index is 944. The lowest BCUT2D eigenvalue weighted by Gasteiger charge is -2.07. The van der Waals surface area contributed by atoms with Crippen molar-refractivity contribution < 1.29 is 23.8 Å². The molecular formula is C25H28N2O5. The van der Waals surface area contributed by atoms with Crippen molar-refractivity contribution >= 4 is 18.0 Å². The van der Waals surface area contributed by atoms with Crippen LogP contribution < -0.4 is 19.5 Å².